The van der Waals surface area contributed by atoms with Crippen molar-refractivity contribution in [3.63, 3.8) is 0 Å². The number of aromatic nitrogens is 2. The third-order valence-corrected chi connectivity index (χ3v) is 3.30. The van der Waals surface area contributed by atoms with Crippen molar-refractivity contribution >= 4 is 23.4 Å². The summed E-state index contributed by atoms with van der Waals surface area (Å²) < 4.78 is 12.8. The fraction of sp³-hybridized carbons (Fsp3) is 0.0714. The number of hydrogen-bond donors (Lipinski definition) is 2. The van der Waals surface area contributed by atoms with E-state index < -0.39 is 0 Å². The Morgan fingerprint density at radius 3 is 2.52 bits per heavy atom. The maximum Gasteiger partial charge on any atom is 0.248 e. The second-order valence-electron chi connectivity index (χ2n) is 3.98. The topological polar surface area (TPSA) is 66.9 Å². The molecule has 21 heavy (non-hydrogen) atoms. The van der Waals surface area contributed by atoms with Crippen molar-refractivity contribution in [3.8, 4) is 0 Å². The Bertz CT molecular complexity index is 619. The molecule has 7 heteroatoms. The lowest BCUT2D eigenvalue weighted by atomic mass is 10.2. The highest BCUT2D eigenvalue weighted by atomic mass is 32.2. The van der Waals surface area contributed by atoms with E-state index in [0.717, 1.165) is 0 Å². The van der Waals surface area contributed by atoms with Gasteiger partial charge in [-0.25, -0.2) is 14.4 Å². The Morgan fingerprint density at radius 2 is 1.86 bits per heavy atom. The summed E-state index contributed by atoms with van der Waals surface area (Å²) in [5, 5.41) is 0.532. The Balaban J connectivity index is 1.76. The van der Waals surface area contributed by atoms with E-state index in [1.165, 1.54) is 23.9 Å². The molecular formula is C14H13FN4OS. The monoisotopic (exact) mass is 304 g/mol. The maximum absolute atomic E-state index is 12.8. The average molecular weight is 304 g/mol. The van der Waals surface area contributed by atoms with Gasteiger partial charge in [0.2, 0.25) is 5.91 Å². The van der Waals surface area contributed by atoms with Crippen molar-refractivity contribution < 1.29 is 9.18 Å². The molecular weight excluding hydrogens is 291 g/mol. The van der Waals surface area contributed by atoms with Crippen LogP contribution in [-0.4, -0.2) is 21.6 Å². The standard InChI is InChI=1S/C14H13FN4OS/c1-10(11-3-5-12(15)6-4-11)18-19-13(20)9-21-14-16-7-2-8-17-14/h2-8,18H,1,9H2,(H,19,20). The number of hydrazine groups is 1. The Kier molecular flexibility index (Phi) is 5.28. The lowest BCUT2D eigenvalue weighted by Crippen LogP contribution is -2.37. The number of hydrogen-bond acceptors (Lipinski definition) is 5. The van der Waals surface area contributed by atoms with Crippen LogP contribution in [0.4, 0.5) is 4.39 Å². The molecule has 0 bridgehead atoms. The van der Waals surface area contributed by atoms with Crippen LogP contribution in [0.25, 0.3) is 5.70 Å². The van der Waals surface area contributed by atoms with Gasteiger partial charge in [0.25, 0.3) is 0 Å². The molecule has 1 aromatic heterocycles. The fourth-order valence-electron chi connectivity index (χ4n) is 1.39. The summed E-state index contributed by atoms with van der Waals surface area (Å²) in [6.07, 6.45) is 3.23. The molecule has 0 fully saturated rings. The zero-order valence-corrected chi connectivity index (χ0v) is 11.9. The van der Waals surface area contributed by atoms with Gasteiger partial charge in [-0.15, -0.1) is 0 Å². The van der Waals surface area contributed by atoms with Gasteiger partial charge in [-0.1, -0.05) is 18.3 Å². The minimum atomic E-state index is -0.324. The van der Waals surface area contributed by atoms with E-state index in [0.29, 0.717) is 16.4 Å². The Morgan fingerprint density at radius 1 is 1.19 bits per heavy atom. The van der Waals surface area contributed by atoms with Gasteiger partial charge in [0.05, 0.1) is 11.4 Å². The Labute approximate surface area is 125 Å². The first-order valence-electron chi connectivity index (χ1n) is 6.04. The summed E-state index contributed by atoms with van der Waals surface area (Å²) in [6.45, 7) is 3.77. The van der Waals surface area contributed by atoms with Crippen molar-refractivity contribution in [1.29, 1.82) is 0 Å². The SMILES string of the molecule is C=C(NNC(=O)CSc1ncccn1)c1ccc(F)cc1. The second-order valence-corrected chi connectivity index (χ2v) is 4.92. The molecule has 0 radical (unpaired) electrons. The van der Waals surface area contributed by atoms with Crippen LogP contribution >= 0.6 is 11.8 Å². The number of carbonyl (C=O) groups is 1. The molecule has 0 aliphatic rings. The molecule has 0 saturated carbocycles. The van der Waals surface area contributed by atoms with E-state index >= 15 is 0 Å². The molecule has 2 N–H and O–H groups in total. The van der Waals surface area contributed by atoms with E-state index in [9.17, 15) is 9.18 Å². The van der Waals surface area contributed by atoms with Gasteiger partial charge >= 0.3 is 0 Å². The van der Waals surface area contributed by atoms with Gasteiger partial charge < -0.3 is 0 Å². The summed E-state index contributed by atoms with van der Waals surface area (Å²) >= 11 is 1.22. The number of carbonyl (C=O) groups excluding carboxylic acids is 1. The quantitative estimate of drug-likeness (QED) is 0.485. The van der Waals surface area contributed by atoms with Crippen LogP contribution in [0, 0.1) is 5.82 Å². The minimum absolute atomic E-state index is 0.174. The molecule has 5 nitrogen and oxygen atoms in total. The third kappa shape index (κ3) is 4.88. The third-order valence-electron chi connectivity index (χ3n) is 2.42. The van der Waals surface area contributed by atoms with Crippen molar-refractivity contribution in [2.75, 3.05) is 5.75 Å². The van der Waals surface area contributed by atoms with E-state index in [1.54, 1.807) is 30.6 Å². The van der Waals surface area contributed by atoms with E-state index in [-0.39, 0.29) is 17.5 Å². The zero-order chi connectivity index (χ0) is 15.1. The van der Waals surface area contributed by atoms with Crippen LogP contribution in [0.2, 0.25) is 0 Å². The molecule has 108 valence electrons. The molecule has 1 heterocycles. The molecule has 0 aliphatic heterocycles. The largest absolute Gasteiger partial charge is 0.299 e. The highest BCUT2D eigenvalue weighted by Gasteiger charge is 2.05. The van der Waals surface area contributed by atoms with Crippen LogP contribution in [0.3, 0.4) is 0 Å². The number of nitrogens with zero attached hydrogens (tertiary/aromatic N) is 2. The van der Waals surface area contributed by atoms with E-state index in [1.807, 2.05) is 0 Å². The number of rotatable bonds is 6. The number of halogens is 1. The van der Waals surface area contributed by atoms with Crippen LogP contribution < -0.4 is 10.9 Å². The number of benzene rings is 1. The lowest BCUT2D eigenvalue weighted by molar-refractivity contribution is -0.119. The summed E-state index contributed by atoms with van der Waals surface area (Å²) in [7, 11) is 0. The highest BCUT2D eigenvalue weighted by molar-refractivity contribution is 7.99. The lowest BCUT2D eigenvalue weighted by Gasteiger charge is -2.10. The fourth-order valence-corrected chi connectivity index (χ4v) is 2.00. The van der Waals surface area contributed by atoms with Crippen molar-refractivity contribution in [2.24, 2.45) is 0 Å². The zero-order valence-electron chi connectivity index (χ0n) is 11.0. The second kappa shape index (κ2) is 7.39. The molecule has 0 atom stereocenters. The van der Waals surface area contributed by atoms with Crippen LogP contribution in [0.1, 0.15) is 5.56 Å². The smallest absolute Gasteiger partial charge is 0.248 e. The number of nitrogens with one attached hydrogen (secondary N) is 2. The van der Waals surface area contributed by atoms with Crippen LogP contribution in [-0.2, 0) is 4.79 Å². The molecule has 1 aromatic carbocycles. The van der Waals surface area contributed by atoms with Crippen LogP contribution in [0.5, 0.6) is 0 Å². The summed E-state index contributed by atoms with van der Waals surface area (Å²) in [5.74, 6) is -0.390. The number of thioether (sulfide) groups is 1. The minimum Gasteiger partial charge on any atom is -0.299 e. The highest BCUT2D eigenvalue weighted by Crippen LogP contribution is 2.11. The summed E-state index contributed by atoms with van der Waals surface area (Å²) in [6, 6.07) is 7.50. The first-order valence-corrected chi connectivity index (χ1v) is 7.03. The van der Waals surface area contributed by atoms with Crippen LogP contribution in [0.15, 0.2) is 54.5 Å². The van der Waals surface area contributed by atoms with E-state index in [4.69, 9.17) is 0 Å². The first-order chi connectivity index (χ1) is 10.1. The predicted molar refractivity (Wildman–Crippen MR) is 79.5 cm³/mol. The van der Waals surface area contributed by atoms with Gasteiger partial charge in [-0.2, -0.15) is 0 Å². The summed E-state index contributed by atoms with van der Waals surface area (Å²) in [4.78, 5) is 19.7. The van der Waals surface area contributed by atoms with Crippen molar-refractivity contribution in [1.82, 2.24) is 20.8 Å². The van der Waals surface area contributed by atoms with Gasteiger partial charge in [-0.3, -0.25) is 15.6 Å². The molecule has 2 aromatic rings. The maximum atomic E-state index is 12.8. The molecule has 1 amide bonds. The predicted octanol–water partition coefficient (Wildman–Crippen LogP) is 2.00. The molecule has 0 saturated heterocycles. The van der Waals surface area contributed by atoms with Crippen molar-refractivity contribution in [3.05, 3.63) is 60.7 Å². The number of amides is 1. The van der Waals surface area contributed by atoms with Gasteiger partial charge in [0, 0.05) is 12.4 Å². The molecule has 0 unspecified atom stereocenters. The molecule has 0 aliphatic carbocycles. The van der Waals surface area contributed by atoms with Gasteiger partial charge in [0.1, 0.15) is 5.82 Å². The normalized spacial score (nSPS) is 9.95. The first kappa shape index (κ1) is 15.0. The summed E-state index contributed by atoms with van der Waals surface area (Å²) in [5.41, 5.74) is 6.36. The molecule has 0 spiro atoms. The molecule has 2 rings (SSSR count). The van der Waals surface area contributed by atoms with Gasteiger partial charge in [0.15, 0.2) is 5.16 Å². The van der Waals surface area contributed by atoms with Crippen molar-refractivity contribution in [2.45, 2.75) is 5.16 Å². The van der Waals surface area contributed by atoms with Gasteiger partial charge in [-0.05, 0) is 35.9 Å². The average Bonchev–Trinajstić information content (AvgIpc) is 2.52. The van der Waals surface area contributed by atoms with E-state index in [2.05, 4.69) is 27.4 Å². The Hall–Kier alpha value is -2.41.